The smallest absolute Gasteiger partial charge is 0.359 e. The molecule has 142 valence electrons. The summed E-state index contributed by atoms with van der Waals surface area (Å²) >= 11 is 0. The van der Waals surface area contributed by atoms with Gasteiger partial charge in [0.25, 0.3) is 5.56 Å². The summed E-state index contributed by atoms with van der Waals surface area (Å²) in [6.45, 7) is 0.543. The number of benzene rings is 2. The Morgan fingerprint density at radius 3 is 2.61 bits per heavy atom. The van der Waals surface area contributed by atoms with Crippen LogP contribution in [0.2, 0.25) is 0 Å². The second-order valence-corrected chi connectivity index (χ2v) is 6.41. The molecule has 8 heteroatoms. The number of rotatable bonds is 5. The fraction of sp³-hybridized carbons (Fsp3) is 0.200. The van der Waals surface area contributed by atoms with E-state index in [4.69, 9.17) is 4.74 Å². The lowest BCUT2D eigenvalue weighted by Crippen LogP contribution is -2.24. The highest BCUT2D eigenvalue weighted by atomic mass is 16.5. The summed E-state index contributed by atoms with van der Waals surface area (Å²) in [5, 5.41) is 4.93. The van der Waals surface area contributed by atoms with Crippen molar-refractivity contribution in [3.63, 3.8) is 0 Å². The van der Waals surface area contributed by atoms with Crippen LogP contribution in [0.1, 0.15) is 16.9 Å². The molecule has 0 atom stereocenters. The number of ether oxygens (including phenoxy) is 1. The minimum absolute atomic E-state index is 0.0990. The van der Waals surface area contributed by atoms with E-state index in [1.165, 1.54) is 7.05 Å². The predicted molar refractivity (Wildman–Crippen MR) is 104 cm³/mol. The molecule has 0 unspecified atom stereocenters. The molecule has 0 amide bonds. The zero-order valence-corrected chi connectivity index (χ0v) is 15.2. The Morgan fingerprint density at radius 1 is 1.07 bits per heavy atom. The van der Waals surface area contributed by atoms with Gasteiger partial charge < -0.3 is 9.72 Å². The number of fused-ring (bicyclic) bond motifs is 2. The van der Waals surface area contributed by atoms with Gasteiger partial charge in [-0.3, -0.25) is 9.36 Å². The Bertz CT molecular complexity index is 1300. The minimum atomic E-state index is -0.599. The topological polar surface area (TPSA) is 99.0 Å². The van der Waals surface area contributed by atoms with Crippen molar-refractivity contribution in [2.45, 2.75) is 13.0 Å². The quantitative estimate of drug-likeness (QED) is 0.422. The highest BCUT2D eigenvalue weighted by Gasteiger charge is 2.17. The number of hydrogen-bond donors (Lipinski definition) is 1. The van der Waals surface area contributed by atoms with Gasteiger partial charge in [0.1, 0.15) is 0 Å². The van der Waals surface area contributed by atoms with Crippen molar-refractivity contribution in [2.75, 3.05) is 6.61 Å². The molecular weight excluding hydrogens is 360 g/mol. The molecular formula is C20H18N4O4. The van der Waals surface area contributed by atoms with E-state index >= 15 is 0 Å². The summed E-state index contributed by atoms with van der Waals surface area (Å²) < 4.78 is 8.08. The second-order valence-electron chi connectivity index (χ2n) is 6.41. The van der Waals surface area contributed by atoms with Gasteiger partial charge >= 0.3 is 11.7 Å². The Balaban J connectivity index is 1.48. The van der Waals surface area contributed by atoms with Crippen LogP contribution < -0.4 is 11.2 Å². The highest BCUT2D eigenvalue weighted by Crippen LogP contribution is 2.14. The fourth-order valence-electron chi connectivity index (χ4n) is 3.24. The van der Waals surface area contributed by atoms with Crippen LogP contribution in [0.15, 0.2) is 58.1 Å². The summed E-state index contributed by atoms with van der Waals surface area (Å²) in [5.74, 6) is -0.599. The minimum Gasteiger partial charge on any atom is -0.461 e. The van der Waals surface area contributed by atoms with Crippen LogP contribution in [0.5, 0.6) is 0 Å². The number of carbonyl (C=O) groups is 1. The first-order chi connectivity index (χ1) is 13.6. The lowest BCUT2D eigenvalue weighted by Gasteiger charge is -2.09. The molecule has 0 spiro atoms. The van der Waals surface area contributed by atoms with E-state index < -0.39 is 5.97 Å². The average Bonchev–Trinajstić information content (AvgIpc) is 3.03. The third kappa shape index (κ3) is 3.09. The Hall–Kier alpha value is -3.68. The van der Waals surface area contributed by atoms with E-state index in [9.17, 15) is 14.4 Å². The van der Waals surface area contributed by atoms with Crippen LogP contribution >= 0.6 is 0 Å². The lowest BCUT2D eigenvalue weighted by atomic mass is 10.1. The molecule has 0 aliphatic carbocycles. The number of aromatic amines is 1. The molecule has 0 bridgehead atoms. The molecule has 0 radical (unpaired) electrons. The largest absolute Gasteiger partial charge is 0.461 e. The number of imidazole rings is 1. The molecule has 0 aliphatic rings. The molecule has 0 fully saturated rings. The third-order valence-corrected chi connectivity index (χ3v) is 4.59. The van der Waals surface area contributed by atoms with E-state index in [0.29, 0.717) is 23.7 Å². The molecule has 0 saturated heterocycles. The molecule has 4 rings (SSSR count). The van der Waals surface area contributed by atoms with Crippen molar-refractivity contribution in [2.24, 2.45) is 7.05 Å². The molecule has 4 aromatic rings. The van der Waals surface area contributed by atoms with E-state index in [1.807, 2.05) is 24.3 Å². The fourth-order valence-corrected chi connectivity index (χ4v) is 3.24. The predicted octanol–water partition coefficient (Wildman–Crippen LogP) is 1.82. The van der Waals surface area contributed by atoms with Gasteiger partial charge in [0, 0.05) is 19.0 Å². The second kappa shape index (κ2) is 7.15. The molecule has 28 heavy (non-hydrogen) atoms. The molecule has 1 N–H and O–H groups in total. The summed E-state index contributed by atoms with van der Waals surface area (Å²) in [5.41, 5.74) is 1.21. The Morgan fingerprint density at radius 2 is 1.79 bits per heavy atom. The van der Waals surface area contributed by atoms with Gasteiger partial charge in [-0.05, 0) is 24.6 Å². The molecule has 8 nitrogen and oxygen atoms in total. The van der Waals surface area contributed by atoms with Gasteiger partial charge in [-0.25, -0.2) is 14.3 Å². The molecule has 0 saturated carbocycles. The van der Waals surface area contributed by atoms with Crippen molar-refractivity contribution >= 4 is 27.8 Å². The number of aryl methyl sites for hydroxylation is 2. The van der Waals surface area contributed by atoms with Gasteiger partial charge in [0.05, 0.1) is 23.0 Å². The number of nitrogens with one attached hydrogen (secondary N) is 1. The highest BCUT2D eigenvalue weighted by molar-refractivity contribution is 6.02. The number of esters is 1. The van der Waals surface area contributed by atoms with Crippen LogP contribution in [-0.4, -0.2) is 31.9 Å². The molecule has 0 aliphatic heterocycles. The van der Waals surface area contributed by atoms with Gasteiger partial charge in [0.15, 0.2) is 5.69 Å². The van der Waals surface area contributed by atoms with E-state index in [-0.39, 0.29) is 23.5 Å². The number of para-hydroxylation sites is 2. The monoisotopic (exact) mass is 378 g/mol. The van der Waals surface area contributed by atoms with Crippen LogP contribution in [0.3, 0.4) is 0 Å². The number of aromatic nitrogens is 4. The number of H-pyrrole nitrogens is 1. The summed E-state index contributed by atoms with van der Waals surface area (Å²) in [7, 11) is 1.50. The first-order valence-electron chi connectivity index (χ1n) is 8.87. The SMILES string of the molecule is Cn1nc(C(=O)OCCCn2c(=O)[nH]c3ccccc32)c2ccccc2c1=O. The third-order valence-electron chi connectivity index (χ3n) is 4.59. The first kappa shape index (κ1) is 17.7. The van der Waals surface area contributed by atoms with E-state index in [0.717, 1.165) is 15.7 Å². The number of nitrogens with zero attached hydrogens (tertiary/aromatic N) is 3. The van der Waals surface area contributed by atoms with Crippen molar-refractivity contribution in [3.05, 3.63) is 75.1 Å². The number of hydrogen-bond acceptors (Lipinski definition) is 5. The van der Waals surface area contributed by atoms with E-state index in [2.05, 4.69) is 10.1 Å². The molecule has 2 aromatic heterocycles. The number of carbonyl (C=O) groups excluding carboxylic acids is 1. The van der Waals surface area contributed by atoms with Gasteiger partial charge in [-0.1, -0.05) is 30.3 Å². The normalized spacial score (nSPS) is 11.2. The average molecular weight is 378 g/mol. The molecule has 2 heterocycles. The summed E-state index contributed by atoms with van der Waals surface area (Å²) in [4.78, 5) is 39.5. The van der Waals surface area contributed by atoms with Gasteiger partial charge in [-0.15, -0.1) is 0 Å². The van der Waals surface area contributed by atoms with Crippen molar-refractivity contribution in [1.29, 1.82) is 0 Å². The zero-order chi connectivity index (χ0) is 19.7. The van der Waals surface area contributed by atoms with Crippen LogP contribution in [0, 0.1) is 0 Å². The zero-order valence-electron chi connectivity index (χ0n) is 15.2. The van der Waals surface area contributed by atoms with Crippen LogP contribution in [0.25, 0.3) is 21.8 Å². The summed E-state index contributed by atoms with van der Waals surface area (Å²) in [6, 6.07) is 14.2. The Kier molecular flexibility index (Phi) is 4.52. The lowest BCUT2D eigenvalue weighted by molar-refractivity contribution is 0.0489. The van der Waals surface area contributed by atoms with Crippen LogP contribution in [0.4, 0.5) is 0 Å². The van der Waals surface area contributed by atoms with E-state index in [1.54, 1.807) is 28.8 Å². The van der Waals surface area contributed by atoms with Crippen molar-refractivity contribution in [3.8, 4) is 0 Å². The maximum atomic E-state index is 12.5. The first-order valence-corrected chi connectivity index (χ1v) is 8.87. The van der Waals surface area contributed by atoms with Crippen molar-refractivity contribution in [1.82, 2.24) is 19.3 Å². The van der Waals surface area contributed by atoms with Gasteiger partial charge in [0.2, 0.25) is 0 Å². The maximum absolute atomic E-state index is 12.5. The summed E-state index contributed by atoms with van der Waals surface area (Å²) in [6.07, 6.45) is 0.469. The van der Waals surface area contributed by atoms with Crippen LogP contribution in [-0.2, 0) is 18.3 Å². The van der Waals surface area contributed by atoms with Crippen molar-refractivity contribution < 1.29 is 9.53 Å². The molecule has 2 aromatic carbocycles. The standard InChI is InChI=1S/C20H18N4O4/c1-23-18(25)14-8-3-2-7-13(14)17(22-23)19(26)28-12-6-11-24-16-10-5-4-9-15(16)21-20(24)27/h2-5,7-10H,6,11-12H2,1H3,(H,21,27). The maximum Gasteiger partial charge on any atom is 0.359 e. The Labute approximate surface area is 159 Å². The van der Waals surface area contributed by atoms with Gasteiger partial charge in [-0.2, -0.15) is 5.10 Å².